The minimum atomic E-state index is -0.204. The average Bonchev–Trinajstić information content (AvgIpc) is 2.08. The SMILES string of the molecule is NCCNc1nc[nH]c(=O)c1Br. The predicted octanol–water partition coefficient (Wildman–Crippen LogP) is -0.0970. The summed E-state index contributed by atoms with van der Waals surface area (Å²) in [4.78, 5) is 17.3. The standard InChI is InChI=1S/C6H9BrN4O/c7-4-5(9-2-1-8)10-3-11-6(4)12/h3H,1-2,8H2,(H2,9,10,11,12). The van der Waals surface area contributed by atoms with Gasteiger partial charge in [-0.2, -0.15) is 0 Å². The van der Waals surface area contributed by atoms with Gasteiger partial charge in [-0.1, -0.05) is 0 Å². The molecule has 0 saturated carbocycles. The van der Waals surface area contributed by atoms with E-state index in [4.69, 9.17) is 5.73 Å². The Morgan fingerprint density at radius 1 is 1.75 bits per heavy atom. The Balaban J connectivity index is 2.85. The smallest absolute Gasteiger partial charge is 0.267 e. The zero-order valence-corrected chi connectivity index (χ0v) is 7.89. The van der Waals surface area contributed by atoms with Gasteiger partial charge in [-0.25, -0.2) is 4.98 Å². The molecule has 66 valence electrons. The van der Waals surface area contributed by atoms with Gasteiger partial charge in [-0.15, -0.1) is 0 Å². The maximum Gasteiger partial charge on any atom is 0.267 e. The van der Waals surface area contributed by atoms with E-state index in [0.29, 0.717) is 23.4 Å². The van der Waals surface area contributed by atoms with Crippen LogP contribution in [0.1, 0.15) is 0 Å². The molecule has 0 unspecified atom stereocenters. The fourth-order valence-electron chi connectivity index (χ4n) is 0.697. The lowest BCUT2D eigenvalue weighted by Gasteiger charge is -2.03. The summed E-state index contributed by atoms with van der Waals surface area (Å²) in [5, 5.41) is 2.90. The van der Waals surface area contributed by atoms with Crippen molar-refractivity contribution in [2.45, 2.75) is 0 Å². The summed E-state index contributed by atoms with van der Waals surface area (Å²) in [6.07, 6.45) is 1.34. The quantitative estimate of drug-likeness (QED) is 0.680. The molecule has 0 fully saturated rings. The number of aromatic nitrogens is 2. The van der Waals surface area contributed by atoms with Crippen LogP contribution in [0.25, 0.3) is 0 Å². The van der Waals surface area contributed by atoms with Gasteiger partial charge in [0.15, 0.2) is 0 Å². The third kappa shape index (κ3) is 2.05. The van der Waals surface area contributed by atoms with Gasteiger partial charge in [-0.05, 0) is 15.9 Å². The van der Waals surface area contributed by atoms with E-state index in [1.165, 1.54) is 6.33 Å². The van der Waals surface area contributed by atoms with Crippen molar-refractivity contribution in [2.24, 2.45) is 5.73 Å². The highest BCUT2D eigenvalue weighted by atomic mass is 79.9. The van der Waals surface area contributed by atoms with Gasteiger partial charge in [0.2, 0.25) is 0 Å². The number of halogens is 1. The van der Waals surface area contributed by atoms with E-state index in [-0.39, 0.29) is 5.56 Å². The summed E-state index contributed by atoms with van der Waals surface area (Å²) >= 11 is 3.10. The Bertz CT molecular complexity index is 311. The molecule has 1 aromatic rings. The molecule has 1 aromatic heterocycles. The maximum absolute atomic E-state index is 11.0. The third-order valence-electron chi connectivity index (χ3n) is 1.23. The first kappa shape index (κ1) is 9.21. The van der Waals surface area contributed by atoms with Crippen molar-refractivity contribution >= 4 is 21.7 Å². The molecule has 5 nitrogen and oxygen atoms in total. The highest BCUT2D eigenvalue weighted by molar-refractivity contribution is 9.10. The molecule has 0 aliphatic heterocycles. The lowest BCUT2D eigenvalue weighted by molar-refractivity contribution is 0.993. The number of H-pyrrole nitrogens is 1. The van der Waals surface area contributed by atoms with Crippen molar-refractivity contribution in [3.8, 4) is 0 Å². The average molecular weight is 233 g/mol. The summed E-state index contributed by atoms with van der Waals surface area (Å²) in [5.74, 6) is 0.518. The molecule has 6 heteroatoms. The van der Waals surface area contributed by atoms with Crippen molar-refractivity contribution in [2.75, 3.05) is 18.4 Å². The second-order valence-corrected chi connectivity index (χ2v) is 2.90. The number of aromatic amines is 1. The first-order valence-corrected chi connectivity index (χ1v) is 4.22. The number of anilines is 1. The largest absolute Gasteiger partial charge is 0.368 e. The Morgan fingerprint density at radius 2 is 2.50 bits per heavy atom. The molecule has 12 heavy (non-hydrogen) atoms. The molecule has 0 aliphatic rings. The second kappa shape index (κ2) is 4.22. The van der Waals surface area contributed by atoms with Crippen molar-refractivity contribution < 1.29 is 0 Å². The summed E-state index contributed by atoms with van der Waals surface area (Å²) in [7, 11) is 0. The zero-order valence-electron chi connectivity index (χ0n) is 6.30. The molecule has 0 bridgehead atoms. The fraction of sp³-hybridized carbons (Fsp3) is 0.333. The van der Waals surface area contributed by atoms with Crippen LogP contribution in [0.3, 0.4) is 0 Å². The van der Waals surface area contributed by atoms with Crippen LogP contribution in [-0.2, 0) is 0 Å². The molecule has 4 N–H and O–H groups in total. The number of rotatable bonds is 3. The fourth-order valence-corrected chi connectivity index (χ4v) is 1.05. The van der Waals surface area contributed by atoms with Gasteiger partial charge in [-0.3, -0.25) is 4.79 Å². The molecule has 0 saturated heterocycles. The van der Waals surface area contributed by atoms with E-state index in [9.17, 15) is 4.79 Å². The van der Waals surface area contributed by atoms with Crippen LogP contribution >= 0.6 is 15.9 Å². The van der Waals surface area contributed by atoms with Gasteiger partial charge in [0, 0.05) is 13.1 Å². The van der Waals surface area contributed by atoms with Crippen LogP contribution in [0.2, 0.25) is 0 Å². The summed E-state index contributed by atoms with van der Waals surface area (Å²) in [6.45, 7) is 1.09. The molecule has 0 atom stereocenters. The number of hydrogen-bond acceptors (Lipinski definition) is 4. The van der Waals surface area contributed by atoms with Crippen molar-refractivity contribution in [1.82, 2.24) is 9.97 Å². The van der Waals surface area contributed by atoms with Gasteiger partial charge in [0.05, 0.1) is 6.33 Å². The number of nitrogens with one attached hydrogen (secondary N) is 2. The monoisotopic (exact) mass is 232 g/mol. The van der Waals surface area contributed by atoms with Crippen LogP contribution in [0, 0.1) is 0 Å². The van der Waals surface area contributed by atoms with Crippen LogP contribution in [0.15, 0.2) is 15.6 Å². The molecule has 0 radical (unpaired) electrons. The van der Waals surface area contributed by atoms with Gasteiger partial charge in [0.25, 0.3) is 5.56 Å². The highest BCUT2D eigenvalue weighted by Gasteiger charge is 2.02. The molecule has 0 aromatic carbocycles. The number of nitrogens with zero attached hydrogens (tertiary/aromatic N) is 1. The van der Waals surface area contributed by atoms with E-state index in [1.54, 1.807) is 0 Å². The van der Waals surface area contributed by atoms with Crippen LogP contribution in [-0.4, -0.2) is 23.1 Å². The minimum Gasteiger partial charge on any atom is -0.368 e. The lowest BCUT2D eigenvalue weighted by Crippen LogP contribution is -2.17. The molecular weight excluding hydrogens is 224 g/mol. The molecule has 1 rings (SSSR count). The highest BCUT2D eigenvalue weighted by Crippen LogP contribution is 2.11. The summed E-state index contributed by atoms with van der Waals surface area (Å²) in [6, 6.07) is 0. The van der Waals surface area contributed by atoms with Crippen LogP contribution in [0.4, 0.5) is 5.82 Å². The Labute approximate surface area is 77.5 Å². The molecule has 0 aliphatic carbocycles. The minimum absolute atomic E-state index is 0.204. The van der Waals surface area contributed by atoms with Gasteiger partial charge < -0.3 is 16.0 Å². The first-order valence-electron chi connectivity index (χ1n) is 3.43. The lowest BCUT2D eigenvalue weighted by atomic mass is 10.5. The van der Waals surface area contributed by atoms with Gasteiger partial charge >= 0.3 is 0 Å². The van der Waals surface area contributed by atoms with Crippen molar-refractivity contribution in [3.05, 3.63) is 21.2 Å². The first-order chi connectivity index (χ1) is 5.75. The predicted molar refractivity (Wildman–Crippen MR) is 50.1 cm³/mol. The van der Waals surface area contributed by atoms with Gasteiger partial charge in [0.1, 0.15) is 10.3 Å². The Morgan fingerprint density at radius 3 is 3.17 bits per heavy atom. The summed E-state index contributed by atoms with van der Waals surface area (Å²) in [5.41, 5.74) is 5.07. The molecular formula is C6H9BrN4O. The van der Waals surface area contributed by atoms with E-state index in [0.717, 1.165) is 0 Å². The van der Waals surface area contributed by atoms with E-state index >= 15 is 0 Å². The maximum atomic E-state index is 11.0. The van der Waals surface area contributed by atoms with Crippen molar-refractivity contribution in [1.29, 1.82) is 0 Å². The van der Waals surface area contributed by atoms with Crippen molar-refractivity contribution in [3.63, 3.8) is 0 Å². The number of nitrogens with two attached hydrogens (primary N) is 1. The third-order valence-corrected chi connectivity index (χ3v) is 1.97. The van der Waals surface area contributed by atoms with Crippen LogP contribution in [0.5, 0.6) is 0 Å². The van der Waals surface area contributed by atoms with E-state index < -0.39 is 0 Å². The molecule has 0 amide bonds. The molecule has 0 spiro atoms. The van der Waals surface area contributed by atoms with Crippen LogP contribution < -0.4 is 16.6 Å². The normalized spacial score (nSPS) is 9.83. The second-order valence-electron chi connectivity index (χ2n) is 2.11. The summed E-state index contributed by atoms with van der Waals surface area (Å²) < 4.78 is 0.401. The number of hydrogen-bond donors (Lipinski definition) is 3. The Hall–Kier alpha value is -0.880. The Kier molecular flexibility index (Phi) is 3.24. The molecule has 1 heterocycles. The topological polar surface area (TPSA) is 83.8 Å². The van der Waals surface area contributed by atoms with E-state index in [1.807, 2.05) is 0 Å². The zero-order chi connectivity index (χ0) is 8.97. The van der Waals surface area contributed by atoms with E-state index in [2.05, 4.69) is 31.2 Å².